The predicted molar refractivity (Wildman–Crippen MR) is 79.2 cm³/mol. The van der Waals surface area contributed by atoms with Crippen molar-refractivity contribution in [1.29, 1.82) is 0 Å². The summed E-state index contributed by atoms with van der Waals surface area (Å²) in [6.45, 7) is 1.82. The van der Waals surface area contributed by atoms with Crippen LogP contribution in [0.2, 0.25) is 0 Å². The SMILES string of the molecule is CCC(=O)Nc1nc(-c2ccc(I)cc2)cs1. The molecule has 0 atom stereocenters. The van der Waals surface area contributed by atoms with E-state index in [4.69, 9.17) is 0 Å². The molecule has 0 bridgehead atoms. The molecule has 1 amide bonds. The third-order valence-corrected chi connectivity index (χ3v) is 3.69. The van der Waals surface area contributed by atoms with Crippen molar-refractivity contribution >= 4 is 45.0 Å². The molecule has 0 aliphatic rings. The summed E-state index contributed by atoms with van der Waals surface area (Å²) in [6, 6.07) is 8.14. The molecule has 1 aromatic heterocycles. The smallest absolute Gasteiger partial charge is 0.225 e. The zero-order valence-electron chi connectivity index (χ0n) is 9.24. The van der Waals surface area contributed by atoms with Crippen molar-refractivity contribution in [2.24, 2.45) is 0 Å². The van der Waals surface area contributed by atoms with Gasteiger partial charge in [-0.25, -0.2) is 4.98 Å². The summed E-state index contributed by atoms with van der Waals surface area (Å²) < 4.78 is 1.20. The van der Waals surface area contributed by atoms with E-state index in [1.807, 2.05) is 36.6 Å². The number of thiazole rings is 1. The summed E-state index contributed by atoms with van der Waals surface area (Å²) in [5.74, 6) is -0.00601. The van der Waals surface area contributed by atoms with Gasteiger partial charge in [-0.05, 0) is 34.7 Å². The lowest BCUT2D eigenvalue weighted by Gasteiger charge is -1.98. The minimum atomic E-state index is -0.00601. The summed E-state index contributed by atoms with van der Waals surface area (Å²) in [6.07, 6.45) is 0.471. The third kappa shape index (κ3) is 3.26. The van der Waals surface area contributed by atoms with Gasteiger partial charge in [-0.2, -0.15) is 0 Å². The lowest BCUT2D eigenvalue weighted by Crippen LogP contribution is -2.08. The fourth-order valence-corrected chi connectivity index (χ4v) is 2.39. The van der Waals surface area contributed by atoms with Crippen LogP contribution >= 0.6 is 33.9 Å². The number of aromatic nitrogens is 1. The zero-order chi connectivity index (χ0) is 12.3. The molecular formula is C12H11IN2OS. The van der Waals surface area contributed by atoms with Crippen LogP contribution < -0.4 is 5.32 Å². The Morgan fingerprint density at radius 2 is 2.12 bits per heavy atom. The van der Waals surface area contributed by atoms with Crippen molar-refractivity contribution in [3.05, 3.63) is 33.2 Å². The summed E-state index contributed by atoms with van der Waals surface area (Å²) in [5, 5.41) is 5.37. The van der Waals surface area contributed by atoms with E-state index in [1.165, 1.54) is 14.9 Å². The molecule has 88 valence electrons. The van der Waals surface area contributed by atoms with Gasteiger partial charge < -0.3 is 5.32 Å². The Labute approximate surface area is 117 Å². The first kappa shape index (κ1) is 12.5. The van der Waals surface area contributed by atoms with Gasteiger partial charge >= 0.3 is 0 Å². The number of anilines is 1. The number of halogens is 1. The summed E-state index contributed by atoms with van der Waals surface area (Å²) in [7, 11) is 0. The molecule has 17 heavy (non-hydrogen) atoms. The van der Waals surface area contributed by atoms with Crippen LogP contribution in [-0.4, -0.2) is 10.9 Å². The molecule has 0 aliphatic carbocycles. The number of hydrogen-bond acceptors (Lipinski definition) is 3. The zero-order valence-corrected chi connectivity index (χ0v) is 12.2. The number of nitrogens with zero attached hydrogens (tertiary/aromatic N) is 1. The number of amides is 1. The molecule has 2 rings (SSSR count). The van der Waals surface area contributed by atoms with E-state index in [9.17, 15) is 4.79 Å². The molecule has 0 saturated carbocycles. The van der Waals surface area contributed by atoms with E-state index >= 15 is 0 Å². The van der Waals surface area contributed by atoms with E-state index in [1.54, 1.807) is 0 Å². The second-order valence-corrected chi connectivity index (χ2v) is 5.55. The molecular weight excluding hydrogens is 347 g/mol. The van der Waals surface area contributed by atoms with Gasteiger partial charge in [-0.3, -0.25) is 4.79 Å². The average Bonchev–Trinajstić information content (AvgIpc) is 2.78. The summed E-state index contributed by atoms with van der Waals surface area (Å²) in [4.78, 5) is 15.6. The second-order valence-electron chi connectivity index (χ2n) is 3.45. The van der Waals surface area contributed by atoms with Crippen molar-refractivity contribution in [2.75, 3.05) is 5.32 Å². The first-order valence-corrected chi connectivity index (χ1v) is 7.16. The Bertz CT molecular complexity index is 522. The summed E-state index contributed by atoms with van der Waals surface area (Å²) >= 11 is 3.71. The molecule has 0 radical (unpaired) electrons. The lowest BCUT2D eigenvalue weighted by atomic mass is 10.2. The molecule has 1 N–H and O–H groups in total. The van der Waals surface area contributed by atoms with Gasteiger partial charge in [-0.1, -0.05) is 19.1 Å². The van der Waals surface area contributed by atoms with Crippen LogP contribution in [0.3, 0.4) is 0 Å². The van der Waals surface area contributed by atoms with E-state index in [2.05, 4.69) is 32.9 Å². The number of rotatable bonds is 3. The average molecular weight is 358 g/mol. The Morgan fingerprint density at radius 1 is 1.41 bits per heavy atom. The molecule has 0 saturated heterocycles. The Hall–Kier alpha value is -0.950. The first-order chi connectivity index (χ1) is 8.19. The molecule has 1 heterocycles. The lowest BCUT2D eigenvalue weighted by molar-refractivity contribution is -0.115. The first-order valence-electron chi connectivity index (χ1n) is 5.20. The molecule has 0 fully saturated rings. The van der Waals surface area contributed by atoms with E-state index in [0.29, 0.717) is 11.6 Å². The second kappa shape index (κ2) is 5.59. The van der Waals surface area contributed by atoms with Gasteiger partial charge in [0.1, 0.15) is 0 Å². The number of carbonyl (C=O) groups is 1. The van der Waals surface area contributed by atoms with Gasteiger partial charge in [0.2, 0.25) is 5.91 Å². The van der Waals surface area contributed by atoms with Crippen LogP contribution in [0.15, 0.2) is 29.6 Å². The van der Waals surface area contributed by atoms with Crippen LogP contribution in [0.25, 0.3) is 11.3 Å². The molecule has 2 aromatic rings. The fraction of sp³-hybridized carbons (Fsp3) is 0.167. The molecule has 1 aromatic carbocycles. The quantitative estimate of drug-likeness (QED) is 0.849. The number of carbonyl (C=O) groups excluding carboxylic acids is 1. The van der Waals surface area contributed by atoms with Crippen LogP contribution in [0, 0.1) is 3.57 Å². The Kier molecular flexibility index (Phi) is 4.11. The fourth-order valence-electron chi connectivity index (χ4n) is 1.29. The molecule has 5 heteroatoms. The van der Waals surface area contributed by atoms with Crippen LogP contribution in [0.4, 0.5) is 5.13 Å². The van der Waals surface area contributed by atoms with E-state index in [-0.39, 0.29) is 5.91 Å². The van der Waals surface area contributed by atoms with Gasteiger partial charge in [0.15, 0.2) is 5.13 Å². The molecule has 0 spiro atoms. The Balaban J connectivity index is 2.18. The van der Waals surface area contributed by atoms with Crippen molar-refractivity contribution < 1.29 is 4.79 Å². The van der Waals surface area contributed by atoms with Crippen molar-refractivity contribution in [1.82, 2.24) is 4.98 Å². The highest BCUT2D eigenvalue weighted by Crippen LogP contribution is 2.25. The molecule has 3 nitrogen and oxygen atoms in total. The Morgan fingerprint density at radius 3 is 2.76 bits per heavy atom. The standard InChI is InChI=1S/C12H11IN2OS/c1-2-11(16)15-12-14-10(7-17-12)8-3-5-9(13)6-4-8/h3-7H,2H2,1H3,(H,14,15,16). The molecule has 0 aliphatic heterocycles. The maximum Gasteiger partial charge on any atom is 0.225 e. The van der Waals surface area contributed by atoms with Gasteiger partial charge in [0, 0.05) is 20.9 Å². The van der Waals surface area contributed by atoms with Crippen molar-refractivity contribution in [3.63, 3.8) is 0 Å². The van der Waals surface area contributed by atoms with Crippen LogP contribution in [-0.2, 0) is 4.79 Å². The maximum atomic E-state index is 11.2. The number of nitrogens with one attached hydrogen (secondary N) is 1. The predicted octanol–water partition coefficient (Wildman–Crippen LogP) is 3.76. The van der Waals surface area contributed by atoms with Crippen molar-refractivity contribution in [3.8, 4) is 11.3 Å². The minimum absolute atomic E-state index is 0.00601. The van der Waals surface area contributed by atoms with Crippen molar-refractivity contribution in [2.45, 2.75) is 13.3 Å². The van der Waals surface area contributed by atoms with Crippen LogP contribution in [0.5, 0.6) is 0 Å². The number of hydrogen-bond donors (Lipinski definition) is 1. The topological polar surface area (TPSA) is 42.0 Å². The van der Waals surface area contributed by atoms with Gasteiger partial charge in [0.25, 0.3) is 0 Å². The van der Waals surface area contributed by atoms with Crippen LogP contribution in [0.1, 0.15) is 13.3 Å². The van der Waals surface area contributed by atoms with E-state index in [0.717, 1.165) is 11.3 Å². The normalized spacial score (nSPS) is 10.2. The van der Waals surface area contributed by atoms with Gasteiger partial charge in [-0.15, -0.1) is 11.3 Å². The molecule has 0 unspecified atom stereocenters. The minimum Gasteiger partial charge on any atom is -0.302 e. The third-order valence-electron chi connectivity index (χ3n) is 2.21. The highest BCUT2D eigenvalue weighted by molar-refractivity contribution is 14.1. The maximum absolute atomic E-state index is 11.2. The summed E-state index contributed by atoms with van der Waals surface area (Å²) in [5.41, 5.74) is 1.97. The highest BCUT2D eigenvalue weighted by Gasteiger charge is 2.06. The largest absolute Gasteiger partial charge is 0.302 e. The number of benzene rings is 1. The monoisotopic (exact) mass is 358 g/mol. The van der Waals surface area contributed by atoms with E-state index < -0.39 is 0 Å². The highest BCUT2D eigenvalue weighted by atomic mass is 127. The van der Waals surface area contributed by atoms with Gasteiger partial charge in [0.05, 0.1) is 5.69 Å².